The van der Waals surface area contributed by atoms with Crippen LogP contribution in [-0.4, -0.2) is 0 Å². The van der Waals surface area contributed by atoms with E-state index in [9.17, 15) is 0 Å². The molecular formula is C10H18S. The lowest BCUT2D eigenvalue weighted by atomic mass is 10.1. The molecule has 1 atom stereocenters. The first-order valence-electron chi connectivity index (χ1n) is 4.37. The summed E-state index contributed by atoms with van der Waals surface area (Å²) in [6, 6.07) is 0. The fraction of sp³-hybridized carbons (Fsp3) is 0.600. The first-order valence-corrected chi connectivity index (χ1v) is 5.25. The second kappa shape index (κ2) is 6.53. The van der Waals surface area contributed by atoms with Crippen molar-refractivity contribution in [2.75, 3.05) is 0 Å². The molecule has 1 rings (SSSR count). The minimum atomic E-state index is 0.654. The van der Waals surface area contributed by atoms with E-state index in [2.05, 4.69) is 31.4 Å². The van der Waals surface area contributed by atoms with Crippen LogP contribution in [0.2, 0.25) is 0 Å². The highest BCUT2D eigenvalue weighted by atomic mass is 32.2. The predicted molar refractivity (Wildman–Crippen MR) is 55.6 cm³/mol. The average Bonchev–Trinajstić information content (AvgIpc) is 2.08. The number of hydrogen-bond acceptors (Lipinski definition) is 1. The maximum Gasteiger partial charge on any atom is -0.00626 e. The third-order valence-electron chi connectivity index (χ3n) is 1.40. The van der Waals surface area contributed by atoms with Crippen molar-refractivity contribution < 1.29 is 0 Å². The summed E-state index contributed by atoms with van der Waals surface area (Å²) >= 11 is 1.85. The zero-order valence-electron chi connectivity index (χ0n) is 7.92. The van der Waals surface area contributed by atoms with Gasteiger partial charge in [-0.3, -0.25) is 0 Å². The summed E-state index contributed by atoms with van der Waals surface area (Å²) in [5.41, 5.74) is 0. The van der Waals surface area contributed by atoms with Gasteiger partial charge in [-0.15, -0.1) is 11.8 Å². The lowest BCUT2D eigenvalue weighted by Gasteiger charge is -2.08. The number of hydrogen-bond donors (Lipinski definition) is 0. The molecule has 1 heteroatoms. The Labute approximate surface area is 74.8 Å². The van der Waals surface area contributed by atoms with E-state index in [1.165, 1.54) is 11.3 Å². The Kier molecular flexibility index (Phi) is 6.43. The van der Waals surface area contributed by atoms with E-state index in [-0.39, 0.29) is 0 Å². The summed E-state index contributed by atoms with van der Waals surface area (Å²) in [5, 5.41) is 2.18. The molecule has 0 fully saturated rings. The summed E-state index contributed by atoms with van der Waals surface area (Å²) in [4.78, 5) is 1.50. The fourth-order valence-corrected chi connectivity index (χ4v) is 1.80. The quantitative estimate of drug-likeness (QED) is 0.568. The summed E-state index contributed by atoms with van der Waals surface area (Å²) < 4.78 is 0. The van der Waals surface area contributed by atoms with Gasteiger partial charge in [0.05, 0.1) is 0 Å². The van der Waals surface area contributed by atoms with E-state index in [1.807, 2.05) is 25.6 Å². The summed E-state index contributed by atoms with van der Waals surface area (Å²) in [6.45, 7) is 8.41. The zero-order chi connectivity index (χ0) is 8.69. The first-order chi connectivity index (χ1) is 5.33. The third kappa shape index (κ3) is 4.31. The van der Waals surface area contributed by atoms with E-state index >= 15 is 0 Å². The highest BCUT2D eigenvalue weighted by molar-refractivity contribution is 8.05. The lowest BCUT2D eigenvalue weighted by Crippen LogP contribution is -1.88. The minimum Gasteiger partial charge on any atom is -0.103 e. The van der Waals surface area contributed by atoms with Crippen LogP contribution in [0.25, 0.3) is 0 Å². The van der Waals surface area contributed by atoms with Crippen LogP contribution in [0.1, 0.15) is 34.1 Å². The van der Waals surface area contributed by atoms with Gasteiger partial charge in [0.2, 0.25) is 0 Å². The molecule has 0 spiro atoms. The smallest absolute Gasteiger partial charge is 0.00626 e. The van der Waals surface area contributed by atoms with E-state index in [0.29, 0.717) is 5.92 Å². The molecule has 0 saturated heterocycles. The summed E-state index contributed by atoms with van der Waals surface area (Å²) in [5.74, 6) is 0.654. The maximum absolute atomic E-state index is 2.32. The molecule has 0 aromatic rings. The van der Waals surface area contributed by atoms with Crippen molar-refractivity contribution in [3.63, 3.8) is 0 Å². The minimum absolute atomic E-state index is 0.654. The standard InChI is InChI=1S/C8H12S.C2H6/c1-3-8-6-7(2)4-5-9-8;1-2/h4-7H,3H2,1-2H3;1-2H3. The third-order valence-corrected chi connectivity index (χ3v) is 2.42. The summed E-state index contributed by atoms with van der Waals surface area (Å²) in [6.07, 6.45) is 5.73. The molecule has 0 N–H and O–H groups in total. The predicted octanol–water partition coefficient (Wildman–Crippen LogP) is 4.20. The van der Waals surface area contributed by atoms with Gasteiger partial charge in [-0.2, -0.15) is 0 Å². The van der Waals surface area contributed by atoms with Crippen LogP contribution in [0.15, 0.2) is 22.5 Å². The van der Waals surface area contributed by atoms with Crippen molar-refractivity contribution >= 4 is 11.8 Å². The Bertz CT molecular complexity index is 145. The van der Waals surface area contributed by atoms with Crippen LogP contribution in [-0.2, 0) is 0 Å². The van der Waals surface area contributed by atoms with E-state index in [0.717, 1.165) is 0 Å². The topological polar surface area (TPSA) is 0 Å². The van der Waals surface area contributed by atoms with Crippen LogP contribution in [0.5, 0.6) is 0 Å². The van der Waals surface area contributed by atoms with E-state index < -0.39 is 0 Å². The van der Waals surface area contributed by atoms with E-state index in [1.54, 1.807) is 0 Å². The van der Waals surface area contributed by atoms with Crippen LogP contribution in [0, 0.1) is 5.92 Å². The second-order valence-corrected chi connectivity index (χ2v) is 3.32. The normalized spacial score (nSPS) is 21.8. The van der Waals surface area contributed by atoms with Crippen LogP contribution >= 0.6 is 11.8 Å². The Morgan fingerprint density at radius 2 is 2.09 bits per heavy atom. The molecule has 0 bridgehead atoms. The SMILES string of the molecule is CC.CCC1=CC(C)C=CS1. The molecule has 0 aliphatic carbocycles. The van der Waals surface area contributed by atoms with Crippen molar-refractivity contribution in [3.8, 4) is 0 Å². The van der Waals surface area contributed by atoms with Gasteiger partial charge in [0, 0.05) is 0 Å². The van der Waals surface area contributed by atoms with Crippen molar-refractivity contribution in [2.45, 2.75) is 34.1 Å². The summed E-state index contributed by atoms with van der Waals surface area (Å²) in [7, 11) is 0. The van der Waals surface area contributed by atoms with Gasteiger partial charge in [0.15, 0.2) is 0 Å². The first kappa shape index (κ1) is 10.8. The van der Waals surface area contributed by atoms with Crippen molar-refractivity contribution in [2.24, 2.45) is 5.92 Å². The van der Waals surface area contributed by atoms with Gasteiger partial charge < -0.3 is 0 Å². The van der Waals surface area contributed by atoms with Crippen LogP contribution in [0.3, 0.4) is 0 Å². The van der Waals surface area contributed by atoms with Gasteiger partial charge in [0.1, 0.15) is 0 Å². The Hall–Kier alpha value is -0.170. The lowest BCUT2D eigenvalue weighted by molar-refractivity contribution is 0.924. The fourth-order valence-electron chi connectivity index (χ4n) is 0.840. The van der Waals surface area contributed by atoms with Crippen molar-refractivity contribution in [3.05, 3.63) is 22.5 Å². The van der Waals surface area contributed by atoms with E-state index in [4.69, 9.17) is 0 Å². The van der Waals surface area contributed by atoms with Crippen LogP contribution in [0.4, 0.5) is 0 Å². The molecule has 0 saturated carbocycles. The molecule has 1 heterocycles. The zero-order valence-corrected chi connectivity index (χ0v) is 8.74. The Morgan fingerprint density at radius 3 is 2.45 bits per heavy atom. The molecule has 0 amide bonds. The largest absolute Gasteiger partial charge is 0.103 e. The Balaban J connectivity index is 0.000000461. The van der Waals surface area contributed by atoms with Crippen molar-refractivity contribution in [1.29, 1.82) is 0 Å². The van der Waals surface area contributed by atoms with Crippen molar-refractivity contribution in [1.82, 2.24) is 0 Å². The average molecular weight is 170 g/mol. The highest BCUT2D eigenvalue weighted by Gasteiger charge is 2.00. The molecule has 1 aliphatic heterocycles. The van der Waals surface area contributed by atoms with Gasteiger partial charge in [-0.05, 0) is 22.7 Å². The molecule has 0 nitrogen and oxygen atoms in total. The molecule has 1 unspecified atom stereocenters. The monoisotopic (exact) mass is 170 g/mol. The van der Waals surface area contributed by atoms with Gasteiger partial charge in [-0.25, -0.2) is 0 Å². The molecule has 1 aliphatic rings. The molecule has 11 heavy (non-hydrogen) atoms. The highest BCUT2D eigenvalue weighted by Crippen LogP contribution is 2.27. The van der Waals surface area contributed by atoms with Gasteiger partial charge in [0.25, 0.3) is 0 Å². The number of rotatable bonds is 1. The molecule has 0 aromatic carbocycles. The molecular weight excluding hydrogens is 152 g/mol. The van der Waals surface area contributed by atoms with Crippen LogP contribution < -0.4 is 0 Å². The molecule has 0 aromatic heterocycles. The number of thioether (sulfide) groups is 1. The molecule has 64 valence electrons. The molecule has 0 radical (unpaired) electrons. The number of allylic oxidation sites excluding steroid dienone is 3. The Morgan fingerprint density at radius 1 is 1.45 bits per heavy atom. The van der Waals surface area contributed by atoms with Gasteiger partial charge in [-0.1, -0.05) is 39.8 Å². The maximum atomic E-state index is 2.32. The van der Waals surface area contributed by atoms with Gasteiger partial charge >= 0.3 is 0 Å². The second-order valence-electron chi connectivity index (χ2n) is 2.29.